The summed E-state index contributed by atoms with van der Waals surface area (Å²) < 4.78 is 7.34. The van der Waals surface area contributed by atoms with Crippen LogP contribution in [0.25, 0.3) is 0 Å². The van der Waals surface area contributed by atoms with Gasteiger partial charge >= 0.3 is 0 Å². The van der Waals surface area contributed by atoms with Crippen molar-refractivity contribution < 1.29 is 9.53 Å². The standard InChI is InChI=1S/C12H19N3O2/c1-2-3-12(16)13-5-6-15-11-4-7-17-9-10(11)8-14-15/h8H,2-7,9H2,1H3,(H,13,16). The lowest BCUT2D eigenvalue weighted by molar-refractivity contribution is -0.121. The molecule has 2 rings (SSSR count). The number of aromatic nitrogens is 2. The van der Waals surface area contributed by atoms with Crippen LogP contribution >= 0.6 is 0 Å². The highest BCUT2D eigenvalue weighted by Gasteiger charge is 2.14. The van der Waals surface area contributed by atoms with E-state index < -0.39 is 0 Å². The summed E-state index contributed by atoms with van der Waals surface area (Å²) in [5, 5.41) is 7.22. The fraction of sp³-hybridized carbons (Fsp3) is 0.667. The highest BCUT2D eigenvalue weighted by atomic mass is 16.5. The van der Waals surface area contributed by atoms with Gasteiger partial charge in [-0.1, -0.05) is 6.92 Å². The summed E-state index contributed by atoms with van der Waals surface area (Å²) >= 11 is 0. The number of fused-ring (bicyclic) bond motifs is 1. The zero-order valence-corrected chi connectivity index (χ0v) is 10.2. The minimum atomic E-state index is 0.122. The van der Waals surface area contributed by atoms with E-state index in [1.165, 1.54) is 11.3 Å². The first kappa shape index (κ1) is 12.1. The SMILES string of the molecule is CCCC(=O)NCCn1ncc2c1CCOC2. The highest BCUT2D eigenvalue weighted by molar-refractivity contribution is 5.75. The Kier molecular flexibility index (Phi) is 4.14. The van der Waals surface area contributed by atoms with Crippen molar-refractivity contribution in [2.24, 2.45) is 0 Å². The zero-order chi connectivity index (χ0) is 12.1. The van der Waals surface area contributed by atoms with Gasteiger partial charge in [-0.15, -0.1) is 0 Å². The predicted molar refractivity (Wildman–Crippen MR) is 63.5 cm³/mol. The fourth-order valence-electron chi connectivity index (χ4n) is 2.02. The van der Waals surface area contributed by atoms with Gasteiger partial charge in [-0.05, 0) is 6.42 Å². The molecule has 0 unspecified atom stereocenters. The molecule has 0 spiro atoms. The predicted octanol–water partition coefficient (Wildman–Crippen LogP) is 0.872. The molecule has 1 aromatic heterocycles. The van der Waals surface area contributed by atoms with Crippen LogP contribution in [0, 0.1) is 0 Å². The maximum absolute atomic E-state index is 11.3. The van der Waals surface area contributed by atoms with E-state index in [4.69, 9.17) is 4.74 Å². The van der Waals surface area contributed by atoms with Gasteiger partial charge in [0.05, 0.1) is 26.0 Å². The molecule has 0 radical (unpaired) electrons. The summed E-state index contributed by atoms with van der Waals surface area (Å²) in [4.78, 5) is 11.3. The average molecular weight is 237 g/mol. The fourth-order valence-corrected chi connectivity index (χ4v) is 2.02. The molecule has 0 bridgehead atoms. The van der Waals surface area contributed by atoms with Crippen molar-refractivity contribution in [3.05, 3.63) is 17.5 Å². The van der Waals surface area contributed by atoms with Gasteiger partial charge in [0.2, 0.25) is 5.91 Å². The van der Waals surface area contributed by atoms with Crippen molar-refractivity contribution in [2.75, 3.05) is 13.2 Å². The van der Waals surface area contributed by atoms with Crippen LogP contribution in [-0.4, -0.2) is 28.8 Å². The normalized spacial score (nSPS) is 14.4. The van der Waals surface area contributed by atoms with E-state index in [-0.39, 0.29) is 5.91 Å². The first-order valence-electron chi connectivity index (χ1n) is 6.19. The third-order valence-electron chi connectivity index (χ3n) is 2.90. The quantitative estimate of drug-likeness (QED) is 0.826. The molecule has 0 saturated heterocycles. The molecule has 1 N–H and O–H groups in total. The molecular weight excluding hydrogens is 218 g/mol. The molecule has 0 aromatic carbocycles. The Morgan fingerprint density at radius 2 is 2.53 bits per heavy atom. The summed E-state index contributed by atoms with van der Waals surface area (Å²) in [6.07, 6.45) is 4.27. The van der Waals surface area contributed by atoms with Gasteiger partial charge in [-0.3, -0.25) is 9.48 Å². The number of nitrogens with one attached hydrogen (secondary N) is 1. The summed E-state index contributed by atoms with van der Waals surface area (Å²) in [6.45, 7) is 4.82. The molecule has 94 valence electrons. The first-order chi connectivity index (χ1) is 8.31. The van der Waals surface area contributed by atoms with E-state index in [1.54, 1.807) is 0 Å². The Morgan fingerprint density at radius 1 is 1.65 bits per heavy atom. The molecule has 1 aromatic rings. The van der Waals surface area contributed by atoms with Crippen LogP contribution in [0.5, 0.6) is 0 Å². The van der Waals surface area contributed by atoms with Gasteiger partial charge in [0.25, 0.3) is 0 Å². The number of hydrogen-bond acceptors (Lipinski definition) is 3. The van der Waals surface area contributed by atoms with Crippen LogP contribution in [0.2, 0.25) is 0 Å². The van der Waals surface area contributed by atoms with Gasteiger partial charge in [-0.25, -0.2) is 0 Å². The van der Waals surface area contributed by atoms with Crippen molar-refractivity contribution in [2.45, 2.75) is 39.3 Å². The molecular formula is C12H19N3O2. The van der Waals surface area contributed by atoms with E-state index in [9.17, 15) is 4.79 Å². The molecule has 0 saturated carbocycles. The van der Waals surface area contributed by atoms with Crippen molar-refractivity contribution >= 4 is 5.91 Å². The highest BCUT2D eigenvalue weighted by Crippen LogP contribution is 2.15. The number of carbonyl (C=O) groups excluding carboxylic acids is 1. The molecule has 1 amide bonds. The Morgan fingerprint density at radius 3 is 3.35 bits per heavy atom. The summed E-state index contributed by atoms with van der Waals surface area (Å²) in [6, 6.07) is 0. The average Bonchev–Trinajstić information content (AvgIpc) is 2.73. The van der Waals surface area contributed by atoms with Gasteiger partial charge in [0.1, 0.15) is 0 Å². The number of nitrogens with zero attached hydrogens (tertiary/aromatic N) is 2. The monoisotopic (exact) mass is 237 g/mol. The first-order valence-corrected chi connectivity index (χ1v) is 6.19. The lowest BCUT2D eigenvalue weighted by atomic mass is 10.2. The van der Waals surface area contributed by atoms with Crippen LogP contribution in [0.15, 0.2) is 6.20 Å². The Balaban J connectivity index is 1.83. The molecule has 1 aliphatic rings. The third-order valence-corrected chi connectivity index (χ3v) is 2.90. The number of rotatable bonds is 5. The van der Waals surface area contributed by atoms with Crippen LogP contribution in [0.4, 0.5) is 0 Å². The molecule has 17 heavy (non-hydrogen) atoms. The molecule has 5 heteroatoms. The summed E-state index contributed by atoms with van der Waals surface area (Å²) in [5.41, 5.74) is 2.43. The number of amides is 1. The summed E-state index contributed by atoms with van der Waals surface area (Å²) in [7, 11) is 0. The molecule has 0 fully saturated rings. The van der Waals surface area contributed by atoms with E-state index in [2.05, 4.69) is 10.4 Å². The molecule has 1 aliphatic heterocycles. The van der Waals surface area contributed by atoms with Gasteiger partial charge in [0, 0.05) is 30.6 Å². The largest absolute Gasteiger partial charge is 0.376 e. The maximum Gasteiger partial charge on any atom is 0.220 e. The minimum Gasteiger partial charge on any atom is -0.376 e. The van der Waals surface area contributed by atoms with Gasteiger partial charge < -0.3 is 10.1 Å². The van der Waals surface area contributed by atoms with E-state index >= 15 is 0 Å². The van der Waals surface area contributed by atoms with Crippen molar-refractivity contribution in [1.82, 2.24) is 15.1 Å². The summed E-state index contributed by atoms with van der Waals surface area (Å²) in [5.74, 6) is 0.122. The Labute approximate surface area is 101 Å². The van der Waals surface area contributed by atoms with Crippen molar-refractivity contribution in [3.63, 3.8) is 0 Å². The van der Waals surface area contributed by atoms with Crippen molar-refractivity contribution in [3.8, 4) is 0 Å². The van der Waals surface area contributed by atoms with Crippen LogP contribution in [-0.2, 0) is 29.1 Å². The molecule has 2 heterocycles. The molecule has 0 atom stereocenters. The lowest BCUT2D eigenvalue weighted by Gasteiger charge is -2.14. The lowest BCUT2D eigenvalue weighted by Crippen LogP contribution is -2.28. The minimum absolute atomic E-state index is 0.122. The molecule has 0 aliphatic carbocycles. The topological polar surface area (TPSA) is 56.2 Å². The van der Waals surface area contributed by atoms with Crippen LogP contribution in [0.3, 0.4) is 0 Å². The Bertz CT molecular complexity index is 387. The second kappa shape index (κ2) is 5.82. The van der Waals surface area contributed by atoms with Gasteiger partial charge in [0.15, 0.2) is 0 Å². The number of ether oxygens (including phenoxy) is 1. The Hall–Kier alpha value is -1.36. The van der Waals surface area contributed by atoms with Crippen LogP contribution < -0.4 is 5.32 Å². The zero-order valence-electron chi connectivity index (χ0n) is 10.2. The van der Waals surface area contributed by atoms with E-state index in [1.807, 2.05) is 17.8 Å². The van der Waals surface area contributed by atoms with Crippen molar-refractivity contribution in [1.29, 1.82) is 0 Å². The van der Waals surface area contributed by atoms with Gasteiger partial charge in [-0.2, -0.15) is 5.10 Å². The maximum atomic E-state index is 11.3. The second-order valence-electron chi connectivity index (χ2n) is 4.24. The molecule has 5 nitrogen and oxygen atoms in total. The smallest absolute Gasteiger partial charge is 0.220 e. The van der Waals surface area contributed by atoms with E-state index in [0.717, 1.165) is 26.0 Å². The third kappa shape index (κ3) is 3.06. The second-order valence-corrected chi connectivity index (χ2v) is 4.24. The number of carbonyl (C=O) groups is 1. The number of hydrogen-bond donors (Lipinski definition) is 1. The van der Waals surface area contributed by atoms with Crippen LogP contribution in [0.1, 0.15) is 31.0 Å². The van der Waals surface area contributed by atoms with E-state index in [0.29, 0.717) is 19.6 Å².